The maximum atomic E-state index is 12.5. The first-order valence-electron chi connectivity index (χ1n) is 9.88. The van der Waals surface area contributed by atoms with Crippen molar-refractivity contribution in [2.24, 2.45) is 0 Å². The molecule has 0 spiro atoms. The fourth-order valence-corrected chi connectivity index (χ4v) is 3.93. The maximum Gasteiger partial charge on any atom is 0.265 e. The lowest BCUT2D eigenvalue weighted by molar-refractivity contribution is -0.125. The van der Waals surface area contributed by atoms with Gasteiger partial charge in [0, 0.05) is 30.2 Å². The average Bonchev–Trinajstić information content (AvgIpc) is 3.17. The molecule has 3 amide bonds. The minimum absolute atomic E-state index is 0.111. The number of carbonyl (C=O) groups excluding carboxylic acids is 3. The molecule has 156 valence electrons. The van der Waals surface area contributed by atoms with Gasteiger partial charge in [0.2, 0.25) is 11.8 Å². The Hall–Kier alpha value is -3.06. The number of rotatable bonds is 5. The van der Waals surface area contributed by atoms with Crippen molar-refractivity contribution < 1.29 is 19.1 Å². The zero-order valence-electron chi connectivity index (χ0n) is 16.6. The standard InChI is InChI=1S/C22H22ClN3O4/c1-2-21(28)25-8-7-15-9-14(3-5-17(15)25)11-24-20(27)12-26-18-10-16(23)4-6-19(18)30-13-22(26)29/h3-6,9-10H,2,7-8,11-13H2,1H3,(H,24,27). The van der Waals surface area contributed by atoms with Crippen LogP contribution in [0, 0.1) is 0 Å². The number of carbonyl (C=O) groups is 3. The first-order chi connectivity index (χ1) is 14.5. The largest absolute Gasteiger partial charge is 0.482 e. The summed E-state index contributed by atoms with van der Waals surface area (Å²) in [6.45, 7) is 2.67. The van der Waals surface area contributed by atoms with Crippen LogP contribution < -0.4 is 19.9 Å². The molecule has 0 bridgehead atoms. The molecule has 7 nitrogen and oxygen atoms in total. The van der Waals surface area contributed by atoms with Crippen LogP contribution in [0.3, 0.4) is 0 Å². The third-order valence-corrected chi connectivity index (χ3v) is 5.53. The van der Waals surface area contributed by atoms with Gasteiger partial charge in [0.15, 0.2) is 6.61 Å². The predicted molar refractivity (Wildman–Crippen MR) is 114 cm³/mol. The van der Waals surface area contributed by atoms with E-state index < -0.39 is 0 Å². The molecule has 2 aromatic rings. The second-order valence-electron chi connectivity index (χ2n) is 7.27. The summed E-state index contributed by atoms with van der Waals surface area (Å²) in [4.78, 5) is 40.0. The summed E-state index contributed by atoms with van der Waals surface area (Å²) in [5.41, 5.74) is 3.50. The van der Waals surface area contributed by atoms with Gasteiger partial charge in [-0.2, -0.15) is 0 Å². The van der Waals surface area contributed by atoms with Crippen molar-refractivity contribution in [1.82, 2.24) is 5.32 Å². The monoisotopic (exact) mass is 427 g/mol. The van der Waals surface area contributed by atoms with Crippen molar-refractivity contribution in [3.8, 4) is 5.75 Å². The molecule has 0 unspecified atom stereocenters. The van der Waals surface area contributed by atoms with Crippen LogP contribution in [0.5, 0.6) is 5.75 Å². The summed E-state index contributed by atoms with van der Waals surface area (Å²) in [6, 6.07) is 10.8. The van der Waals surface area contributed by atoms with Crippen LogP contribution in [-0.2, 0) is 27.3 Å². The molecule has 2 heterocycles. The summed E-state index contributed by atoms with van der Waals surface area (Å²) in [5.74, 6) is 0.0690. The summed E-state index contributed by atoms with van der Waals surface area (Å²) in [7, 11) is 0. The highest BCUT2D eigenvalue weighted by Crippen LogP contribution is 2.34. The number of hydrogen-bond donors (Lipinski definition) is 1. The Morgan fingerprint density at radius 2 is 2.00 bits per heavy atom. The number of anilines is 2. The van der Waals surface area contributed by atoms with Gasteiger partial charge in [-0.05, 0) is 41.8 Å². The van der Waals surface area contributed by atoms with Gasteiger partial charge in [0.1, 0.15) is 12.3 Å². The predicted octanol–water partition coefficient (Wildman–Crippen LogP) is 2.68. The average molecular weight is 428 g/mol. The van der Waals surface area contributed by atoms with Crippen molar-refractivity contribution >= 4 is 40.7 Å². The second-order valence-corrected chi connectivity index (χ2v) is 7.71. The number of fused-ring (bicyclic) bond motifs is 2. The van der Waals surface area contributed by atoms with Crippen molar-refractivity contribution in [3.63, 3.8) is 0 Å². The fourth-order valence-electron chi connectivity index (χ4n) is 3.76. The maximum absolute atomic E-state index is 12.5. The van der Waals surface area contributed by atoms with Gasteiger partial charge in [-0.1, -0.05) is 30.7 Å². The van der Waals surface area contributed by atoms with E-state index >= 15 is 0 Å². The van der Waals surface area contributed by atoms with Crippen molar-refractivity contribution in [2.75, 3.05) is 29.5 Å². The molecular formula is C22H22ClN3O4. The second kappa shape index (κ2) is 8.36. The lowest BCUT2D eigenvalue weighted by Gasteiger charge is -2.29. The van der Waals surface area contributed by atoms with Crippen LogP contribution in [0.1, 0.15) is 24.5 Å². The highest BCUT2D eigenvalue weighted by Gasteiger charge is 2.28. The van der Waals surface area contributed by atoms with E-state index in [1.807, 2.05) is 30.0 Å². The van der Waals surface area contributed by atoms with Gasteiger partial charge >= 0.3 is 0 Å². The van der Waals surface area contributed by atoms with E-state index in [9.17, 15) is 14.4 Å². The van der Waals surface area contributed by atoms with Gasteiger partial charge < -0.3 is 15.0 Å². The van der Waals surface area contributed by atoms with E-state index in [2.05, 4.69) is 5.32 Å². The topological polar surface area (TPSA) is 79.0 Å². The van der Waals surface area contributed by atoms with Gasteiger partial charge in [0.05, 0.1) is 5.69 Å². The first-order valence-corrected chi connectivity index (χ1v) is 10.3. The van der Waals surface area contributed by atoms with Crippen LogP contribution in [0.4, 0.5) is 11.4 Å². The van der Waals surface area contributed by atoms with Crippen molar-refractivity contribution in [2.45, 2.75) is 26.3 Å². The van der Waals surface area contributed by atoms with E-state index in [0.29, 0.717) is 36.0 Å². The number of nitrogens with zero attached hydrogens (tertiary/aromatic N) is 2. The highest BCUT2D eigenvalue weighted by molar-refractivity contribution is 6.31. The molecule has 8 heteroatoms. The van der Waals surface area contributed by atoms with Crippen LogP contribution in [0.2, 0.25) is 5.02 Å². The molecule has 2 aromatic carbocycles. The first kappa shape index (κ1) is 20.2. The van der Waals surface area contributed by atoms with E-state index in [1.54, 1.807) is 18.2 Å². The summed E-state index contributed by atoms with van der Waals surface area (Å²) >= 11 is 6.03. The zero-order chi connectivity index (χ0) is 21.3. The van der Waals surface area contributed by atoms with Crippen LogP contribution in [-0.4, -0.2) is 37.4 Å². The van der Waals surface area contributed by atoms with E-state index in [4.69, 9.17) is 16.3 Å². The minimum atomic E-state index is -0.293. The van der Waals surface area contributed by atoms with Gasteiger partial charge in [0.25, 0.3) is 5.91 Å². The molecule has 0 aromatic heterocycles. The van der Waals surface area contributed by atoms with E-state index in [0.717, 1.165) is 23.2 Å². The summed E-state index contributed by atoms with van der Waals surface area (Å²) < 4.78 is 5.40. The molecule has 0 radical (unpaired) electrons. The molecular weight excluding hydrogens is 406 g/mol. The highest BCUT2D eigenvalue weighted by atomic mass is 35.5. The SMILES string of the molecule is CCC(=O)N1CCc2cc(CNC(=O)CN3C(=O)COc4ccc(Cl)cc43)ccc21. The normalized spacial score (nSPS) is 14.8. The van der Waals surface area contributed by atoms with Gasteiger partial charge in [-0.15, -0.1) is 0 Å². The lowest BCUT2D eigenvalue weighted by Crippen LogP contribution is -2.45. The number of halogens is 1. The van der Waals surface area contributed by atoms with Crippen LogP contribution >= 0.6 is 11.6 Å². The number of benzene rings is 2. The Balaban J connectivity index is 1.40. The Labute approximate surface area is 179 Å². The minimum Gasteiger partial charge on any atom is -0.482 e. The molecule has 0 saturated heterocycles. The lowest BCUT2D eigenvalue weighted by atomic mass is 10.1. The molecule has 2 aliphatic rings. The molecule has 0 atom stereocenters. The van der Waals surface area contributed by atoms with Crippen molar-refractivity contribution in [3.05, 3.63) is 52.5 Å². The summed E-state index contributed by atoms with van der Waals surface area (Å²) in [5, 5.41) is 3.33. The Bertz CT molecular complexity index is 1020. The van der Waals surface area contributed by atoms with E-state index in [1.165, 1.54) is 4.90 Å². The van der Waals surface area contributed by atoms with Gasteiger partial charge in [-0.25, -0.2) is 0 Å². The fraction of sp³-hybridized carbons (Fsp3) is 0.318. The number of amides is 3. The molecule has 0 fully saturated rings. The smallest absolute Gasteiger partial charge is 0.265 e. The van der Waals surface area contributed by atoms with Gasteiger partial charge in [-0.3, -0.25) is 19.3 Å². The summed E-state index contributed by atoms with van der Waals surface area (Å²) in [6.07, 6.45) is 1.29. The zero-order valence-corrected chi connectivity index (χ0v) is 17.4. The molecule has 0 saturated carbocycles. The third kappa shape index (κ3) is 3.98. The molecule has 4 rings (SSSR count). The molecule has 2 aliphatic heterocycles. The molecule has 30 heavy (non-hydrogen) atoms. The van der Waals surface area contributed by atoms with Crippen LogP contribution in [0.25, 0.3) is 0 Å². The number of hydrogen-bond acceptors (Lipinski definition) is 4. The third-order valence-electron chi connectivity index (χ3n) is 5.30. The number of ether oxygens (including phenoxy) is 1. The quantitative estimate of drug-likeness (QED) is 0.795. The van der Waals surface area contributed by atoms with Crippen LogP contribution in [0.15, 0.2) is 36.4 Å². The number of nitrogens with one attached hydrogen (secondary N) is 1. The molecule has 1 N–H and O–H groups in total. The Kier molecular flexibility index (Phi) is 5.63. The van der Waals surface area contributed by atoms with E-state index in [-0.39, 0.29) is 30.9 Å². The van der Waals surface area contributed by atoms with Crippen molar-refractivity contribution in [1.29, 1.82) is 0 Å². The molecule has 0 aliphatic carbocycles. The Morgan fingerprint density at radius 1 is 1.17 bits per heavy atom. The Morgan fingerprint density at radius 3 is 2.80 bits per heavy atom.